The maximum absolute atomic E-state index is 10.7. The number of carboxylic acid groups (broad SMARTS) is 1. The molecule has 2 aromatic rings. The van der Waals surface area contributed by atoms with E-state index in [0.717, 1.165) is 6.07 Å². The summed E-state index contributed by atoms with van der Waals surface area (Å²) in [6.07, 6.45) is 0. The Morgan fingerprint density at radius 3 is 2.87 bits per heavy atom. The number of aromatic carboxylic acids is 1. The lowest BCUT2D eigenvalue weighted by molar-refractivity contribution is -0.384. The summed E-state index contributed by atoms with van der Waals surface area (Å²) < 4.78 is 4.54. The lowest BCUT2D eigenvalue weighted by Gasteiger charge is -1.90. The summed E-state index contributed by atoms with van der Waals surface area (Å²) in [5.74, 6) is -1.70. The highest BCUT2D eigenvalue weighted by Crippen LogP contribution is 2.23. The van der Waals surface area contributed by atoms with Crippen molar-refractivity contribution in [3.8, 4) is 0 Å². The molecule has 0 saturated heterocycles. The third-order valence-corrected chi connectivity index (χ3v) is 1.87. The number of rotatable bonds is 2. The van der Waals surface area contributed by atoms with Crippen LogP contribution in [0.4, 0.5) is 5.69 Å². The minimum Gasteiger partial charge on any atom is -0.475 e. The summed E-state index contributed by atoms with van der Waals surface area (Å²) in [6.45, 7) is 0. The predicted molar refractivity (Wildman–Crippen MR) is 47.6 cm³/mol. The Morgan fingerprint density at radius 2 is 2.27 bits per heavy atom. The number of nitrogens with zero attached hydrogens (tertiary/aromatic N) is 2. The minimum absolute atomic E-state index is 0.122. The normalized spacial score (nSPS) is 10.4. The molecule has 0 aliphatic rings. The van der Waals surface area contributed by atoms with E-state index >= 15 is 0 Å². The van der Waals surface area contributed by atoms with Gasteiger partial charge < -0.3 is 9.63 Å². The van der Waals surface area contributed by atoms with Crippen LogP contribution in [0.3, 0.4) is 0 Å². The molecule has 15 heavy (non-hydrogen) atoms. The van der Waals surface area contributed by atoms with Crippen LogP contribution in [0.2, 0.25) is 0 Å². The summed E-state index contributed by atoms with van der Waals surface area (Å²) in [7, 11) is 0. The van der Waals surface area contributed by atoms with Gasteiger partial charge in [-0.05, 0) is 6.07 Å². The largest absolute Gasteiger partial charge is 0.475 e. The molecule has 0 spiro atoms. The van der Waals surface area contributed by atoms with E-state index in [-0.39, 0.29) is 16.6 Å². The van der Waals surface area contributed by atoms with Gasteiger partial charge in [-0.15, -0.1) is 0 Å². The van der Waals surface area contributed by atoms with Crippen molar-refractivity contribution >= 4 is 22.6 Å². The Bertz CT molecular complexity index is 559. The number of benzene rings is 1. The molecule has 1 heterocycles. The number of non-ortho nitro benzene ring substituents is 1. The van der Waals surface area contributed by atoms with E-state index < -0.39 is 16.7 Å². The van der Waals surface area contributed by atoms with Crippen LogP contribution in [0.5, 0.6) is 0 Å². The summed E-state index contributed by atoms with van der Waals surface area (Å²) in [5, 5.41) is 22.7. The van der Waals surface area contributed by atoms with Crippen LogP contribution in [-0.2, 0) is 0 Å². The SMILES string of the molecule is O=C(O)c1onc2ccc([N+](=O)[O-])cc12. The first kappa shape index (κ1) is 9.13. The fourth-order valence-corrected chi connectivity index (χ4v) is 1.20. The highest BCUT2D eigenvalue weighted by Gasteiger charge is 2.18. The number of hydrogen-bond acceptors (Lipinski definition) is 5. The molecule has 0 saturated carbocycles. The summed E-state index contributed by atoms with van der Waals surface area (Å²) in [4.78, 5) is 20.5. The Morgan fingerprint density at radius 1 is 1.53 bits per heavy atom. The fraction of sp³-hybridized carbons (Fsp3) is 0. The number of nitro benzene ring substituents is 1. The molecule has 0 fully saturated rings. The van der Waals surface area contributed by atoms with Crippen molar-refractivity contribution in [1.82, 2.24) is 5.16 Å². The Hall–Kier alpha value is -2.44. The highest BCUT2D eigenvalue weighted by atomic mass is 16.6. The first-order valence-electron chi connectivity index (χ1n) is 3.86. The molecule has 0 unspecified atom stereocenters. The van der Waals surface area contributed by atoms with Gasteiger partial charge in [0.25, 0.3) is 11.4 Å². The van der Waals surface area contributed by atoms with E-state index in [1.165, 1.54) is 12.1 Å². The molecule has 0 amide bonds. The third kappa shape index (κ3) is 1.39. The van der Waals surface area contributed by atoms with E-state index in [4.69, 9.17) is 5.11 Å². The number of carboxylic acids is 1. The van der Waals surface area contributed by atoms with E-state index in [0.29, 0.717) is 0 Å². The number of fused-ring (bicyclic) bond motifs is 1. The minimum atomic E-state index is -1.31. The van der Waals surface area contributed by atoms with E-state index in [1.807, 2.05) is 0 Å². The van der Waals surface area contributed by atoms with Gasteiger partial charge in [-0.3, -0.25) is 10.1 Å². The maximum Gasteiger partial charge on any atom is 0.375 e. The molecule has 1 aromatic heterocycles. The molecule has 0 radical (unpaired) electrons. The van der Waals surface area contributed by atoms with Crippen molar-refractivity contribution in [2.24, 2.45) is 0 Å². The van der Waals surface area contributed by atoms with Crippen LogP contribution >= 0.6 is 0 Å². The molecular formula is C8H4N2O5. The molecule has 1 aromatic carbocycles. The summed E-state index contributed by atoms with van der Waals surface area (Å²) in [6, 6.07) is 3.69. The third-order valence-electron chi connectivity index (χ3n) is 1.87. The lowest BCUT2D eigenvalue weighted by Crippen LogP contribution is -1.94. The van der Waals surface area contributed by atoms with E-state index in [2.05, 4.69) is 9.68 Å². The molecule has 0 aliphatic carbocycles. The van der Waals surface area contributed by atoms with Crippen LogP contribution in [0.1, 0.15) is 10.6 Å². The summed E-state index contributed by atoms with van der Waals surface area (Å²) >= 11 is 0. The summed E-state index contributed by atoms with van der Waals surface area (Å²) in [5.41, 5.74) is 0.0752. The number of aromatic nitrogens is 1. The zero-order valence-corrected chi connectivity index (χ0v) is 7.21. The van der Waals surface area contributed by atoms with Gasteiger partial charge in [0.2, 0.25) is 0 Å². The van der Waals surface area contributed by atoms with Crippen molar-refractivity contribution in [2.75, 3.05) is 0 Å². The molecule has 76 valence electrons. The average Bonchev–Trinajstić information content (AvgIpc) is 2.59. The zero-order valence-electron chi connectivity index (χ0n) is 7.21. The van der Waals surface area contributed by atoms with Gasteiger partial charge in [-0.25, -0.2) is 4.79 Å². The molecule has 0 atom stereocenters. The molecule has 1 N–H and O–H groups in total. The Labute approximate surface area is 82.1 Å². The first-order chi connectivity index (χ1) is 7.09. The second-order valence-electron chi connectivity index (χ2n) is 2.78. The van der Waals surface area contributed by atoms with E-state index in [1.54, 1.807) is 0 Å². The van der Waals surface area contributed by atoms with Crippen molar-refractivity contribution in [1.29, 1.82) is 0 Å². The monoisotopic (exact) mass is 208 g/mol. The second-order valence-corrected chi connectivity index (χ2v) is 2.78. The van der Waals surface area contributed by atoms with Gasteiger partial charge in [-0.1, -0.05) is 5.16 Å². The van der Waals surface area contributed by atoms with Crippen molar-refractivity contribution in [3.63, 3.8) is 0 Å². The van der Waals surface area contributed by atoms with Gasteiger partial charge >= 0.3 is 5.97 Å². The van der Waals surface area contributed by atoms with Crippen molar-refractivity contribution in [3.05, 3.63) is 34.1 Å². The quantitative estimate of drug-likeness (QED) is 0.590. The molecule has 2 rings (SSSR count). The van der Waals surface area contributed by atoms with Crippen molar-refractivity contribution < 1.29 is 19.3 Å². The first-order valence-corrected chi connectivity index (χ1v) is 3.86. The highest BCUT2D eigenvalue weighted by molar-refractivity contribution is 6.00. The van der Waals surface area contributed by atoms with Crippen LogP contribution in [-0.4, -0.2) is 21.2 Å². The predicted octanol–water partition coefficient (Wildman–Crippen LogP) is 1.43. The average molecular weight is 208 g/mol. The topological polar surface area (TPSA) is 106 Å². The maximum atomic E-state index is 10.7. The molecule has 7 heteroatoms. The van der Waals surface area contributed by atoms with Gasteiger partial charge in [0.05, 0.1) is 10.3 Å². The fourth-order valence-electron chi connectivity index (χ4n) is 1.20. The van der Waals surface area contributed by atoms with Crippen LogP contribution in [0.15, 0.2) is 22.7 Å². The number of carbonyl (C=O) groups is 1. The lowest BCUT2D eigenvalue weighted by atomic mass is 10.2. The molecule has 0 bridgehead atoms. The zero-order chi connectivity index (χ0) is 11.0. The number of hydrogen-bond donors (Lipinski definition) is 1. The van der Waals surface area contributed by atoms with Gasteiger partial charge in [0, 0.05) is 12.1 Å². The van der Waals surface area contributed by atoms with Crippen molar-refractivity contribution in [2.45, 2.75) is 0 Å². The smallest absolute Gasteiger partial charge is 0.375 e. The van der Waals surface area contributed by atoms with Gasteiger partial charge in [0.1, 0.15) is 5.52 Å². The Kier molecular flexibility index (Phi) is 1.86. The van der Waals surface area contributed by atoms with Crippen LogP contribution in [0.25, 0.3) is 10.9 Å². The molecule has 7 nitrogen and oxygen atoms in total. The standard InChI is InChI=1S/C8H4N2O5/c11-8(12)7-5-3-4(10(13)14)1-2-6(5)9-15-7/h1-3H,(H,11,12). The Balaban J connectivity index is 2.72. The van der Waals surface area contributed by atoms with Crippen LogP contribution in [0, 0.1) is 10.1 Å². The molecular weight excluding hydrogens is 204 g/mol. The van der Waals surface area contributed by atoms with Crippen LogP contribution < -0.4 is 0 Å². The van der Waals surface area contributed by atoms with E-state index in [9.17, 15) is 14.9 Å². The number of nitro groups is 1. The van der Waals surface area contributed by atoms with Gasteiger partial charge in [0.15, 0.2) is 0 Å². The molecule has 0 aliphatic heterocycles. The van der Waals surface area contributed by atoms with Gasteiger partial charge in [-0.2, -0.15) is 0 Å². The second kappa shape index (κ2) is 3.05.